The number of hydrogen-bond donors (Lipinski definition) is 1. The second-order valence-electron chi connectivity index (χ2n) is 5.21. The average molecular weight is 270 g/mol. The first-order chi connectivity index (χ1) is 8.44. The summed E-state index contributed by atoms with van der Waals surface area (Å²) in [6.45, 7) is 6.27. The van der Waals surface area contributed by atoms with Crippen molar-refractivity contribution in [3.8, 4) is 0 Å². The highest BCUT2D eigenvalue weighted by molar-refractivity contribution is 7.13. The molecule has 6 heteroatoms. The Morgan fingerprint density at radius 3 is 3.00 bits per heavy atom. The zero-order valence-electron chi connectivity index (χ0n) is 10.9. The van der Waals surface area contributed by atoms with E-state index >= 15 is 0 Å². The van der Waals surface area contributed by atoms with Gasteiger partial charge in [-0.2, -0.15) is 0 Å². The van der Waals surface area contributed by atoms with Gasteiger partial charge in [-0.15, -0.1) is 11.3 Å². The van der Waals surface area contributed by atoms with Crippen molar-refractivity contribution in [1.82, 2.24) is 4.98 Å². The van der Waals surface area contributed by atoms with Gasteiger partial charge in [-0.05, 0) is 33.6 Å². The second-order valence-corrected chi connectivity index (χ2v) is 6.06. The first kappa shape index (κ1) is 13.3. The highest BCUT2D eigenvalue weighted by Gasteiger charge is 2.22. The topological polar surface area (TPSA) is 60.5 Å². The molecular weight excluding hydrogens is 252 g/mol. The number of hydrogen-bond acceptors (Lipinski definition) is 5. The van der Waals surface area contributed by atoms with E-state index in [2.05, 4.69) is 10.3 Å². The largest absolute Gasteiger partial charge is 0.444 e. The molecule has 1 aromatic rings. The zero-order chi connectivity index (χ0) is 13.2. The van der Waals surface area contributed by atoms with Gasteiger partial charge in [-0.1, -0.05) is 0 Å². The summed E-state index contributed by atoms with van der Waals surface area (Å²) >= 11 is 1.39. The maximum absolute atomic E-state index is 11.6. The van der Waals surface area contributed by atoms with E-state index < -0.39 is 11.7 Å². The number of nitrogens with one attached hydrogen (secondary N) is 1. The first-order valence-corrected chi connectivity index (χ1v) is 6.89. The predicted molar refractivity (Wildman–Crippen MR) is 69.9 cm³/mol. The highest BCUT2D eigenvalue weighted by atomic mass is 32.1. The van der Waals surface area contributed by atoms with Crippen molar-refractivity contribution < 1.29 is 14.3 Å². The van der Waals surface area contributed by atoms with Crippen LogP contribution in [0.25, 0.3) is 0 Å². The van der Waals surface area contributed by atoms with Gasteiger partial charge in [0.2, 0.25) is 0 Å². The highest BCUT2D eigenvalue weighted by Crippen LogP contribution is 2.30. The van der Waals surface area contributed by atoms with Crippen molar-refractivity contribution >= 4 is 22.6 Å². The van der Waals surface area contributed by atoms with Crippen LogP contribution in [0.5, 0.6) is 0 Å². The molecule has 1 atom stereocenters. The zero-order valence-corrected chi connectivity index (χ0v) is 11.7. The molecule has 1 aliphatic heterocycles. The third kappa shape index (κ3) is 3.68. The first-order valence-electron chi connectivity index (χ1n) is 6.01. The molecule has 2 heterocycles. The number of thiazole rings is 1. The van der Waals surface area contributed by atoms with Crippen LogP contribution in [0.3, 0.4) is 0 Å². The van der Waals surface area contributed by atoms with E-state index in [9.17, 15) is 4.79 Å². The molecule has 2 rings (SSSR count). The summed E-state index contributed by atoms with van der Waals surface area (Å²) in [4.78, 5) is 15.9. The summed E-state index contributed by atoms with van der Waals surface area (Å²) in [5.74, 6) is 0. The molecule has 0 bridgehead atoms. The van der Waals surface area contributed by atoms with Crippen LogP contribution in [-0.2, 0) is 9.47 Å². The minimum absolute atomic E-state index is 0.0791. The van der Waals surface area contributed by atoms with Gasteiger partial charge in [-0.3, -0.25) is 5.32 Å². The summed E-state index contributed by atoms with van der Waals surface area (Å²) in [5.41, 5.74) is 0.391. The van der Waals surface area contributed by atoms with Crippen molar-refractivity contribution in [2.24, 2.45) is 0 Å². The molecule has 18 heavy (non-hydrogen) atoms. The van der Waals surface area contributed by atoms with Gasteiger partial charge < -0.3 is 9.47 Å². The van der Waals surface area contributed by atoms with E-state index in [1.54, 1.807) is 0 Å². The quantitative estimate of drug-likeness (QED) is 0.895. The van der Waals surface area contributed by atoms with E-state index in [-0.39, 0.29) is 6.10 Å². The molecule has 1 unspecified atom stereocenters. The normalized spacial score (nSPS) is 19.8. The fourth-order valence-electron chi connectivity index (χ4n) is 1.69. The lowest BCUT2D eigenvalue weighted by Gasteiger charge is -2.18. The van der Waals surface area contributed by atoms with Crippen LogP contribution < -0.4 is 5.32 Å². The summed E-state index contributed by atoms with van der Waals surface area (Å²) < 4.78 is 10.7. The Balaban J connectivity index is 1.92. The van der Waals surface area contributed by atoms with Crippen LogP contribution in [0.2, 0.25) is 0 Å². The van der Waals surface area contributed by atoms with E-state index in [1.807, 2.05) is 26.2 Å². The molecule has 0 radical (unpaired) electrons. The Morgan fingerprint density at radius 1 is 1.61 bits per heavy atom. The van der Waals surface area contributed by atoms with Crippen molar-refractivity contribution in [1.29, 1.82) is 0 Å². The smallest absolute Gasteiger partial charge is 0.413 e. The minimum Gasteiger partial charge on any atom is -0.444 e. The van der Waals surface area contributed by atoms with Crippen LogP contribution >= 0.6 is 11.3 Å². The van der Waals surface area contributed by atoms with E-state index in [1.165, 1.54) is 11.3 Å². The number of aromatic nitrogens is 1. The third-order valence-electron chi connectivity index (χ3n) is 2.39. The van der Waals surface area contributed by atoms with Crippen molar-refractivity contribution in [2.75, 3.05) is 11.9 Å². The molecule has 1 aromatic heterocycles. The number of amides is 1. The maximum Gasteiger partial charge on any atom is 0.413 e. The molecule has 0 aromatic carbocycles. The van der Waals surface area contributed by atoms with Crippen molar-refractivity contribution in [3.05, 3.63) is 11.1 Å². The van der Waals surface area contributed by atoms with E-state index in [0.29, 0.717) is 5.13 Å². The van der Waals surface area contributed by atoms with Crippen molar-refractivity contribution in [2.45, 2.75) is 45.3 Å². The fourth-order valence-corrected chi connectivity index (χ4v) is 2.43. The molecule has 1 aliphatic rings. The SMILES string of the molecule is CC(C)(C)OC(=O)Nc1nc(C2CCCO2)cs1. The second kappa shape index (κ2) is 5.24. The molecule has 1 amide bonds. The molecule has 0 spiro atoms. The Hall–Kier alpha value is -1.14. The van der Waals surface area contributed by atoms with Gasteiger partial charge in [-0.25, -0.2) is 9.78 Å². The number of anilines is 1. The van der Waals surface area contributed by atoms with Gasteiger partial charge in [0.1, 0.15) is 11.7 Å². The lowest BCUT2D eigenvalue weighted by atomic mass is 10.2. The lowest BCUT2D eigenvalue weighted by molar-refractivity contribution is 0.0635. The summed E-state index contributed by atoms with van der Waals surface area (Å²) in [5, 5.41) is 5.10. The number of carbonyl (C=O) groups excluding carboxylic acids is 1. The summed E-state index contributed by atoms with van der Waals surface area (Å²) in [6.07, 6.45) is 1.67. The molecule has 5 nitrogen and oxygen atoms in total. The van der Waals surface area contributed by atoms with Crippen LogP contribution in [-0.4, -0.2) is 23.3 Å². The fraction of sp³-hybridized carbons (Fsp3) is 0.667. The maximum atomic E-state index is 11.6. The van der Waals surface area contributed by atoms with Gasteiger partial charge in [0.25, 0.3) is 0 Å². The van der Waals surface area contributed by atoms with Crippen LogP contribution in [0, 0.1) is 0 Å². The Bertz CT molecular complexity index is 419. The summed E-state index contributed by atoms with van der Waals surface area (Å²) in [7, 11) is 0. The molecular formula is C12H18N2O3S. The molecule has 1 saturated heterocycles. The number of carbonyl (C=O) groups is 1. The van der Waals surface area contributed by atoms with Crippen molar-refractivity contribution in [3.63, 3.8) is 0 Å². The third-order valence-corrected chi connectivity index (χ3v) is 3.17. The number of ether oxygens (including phenoxy) is 2. The Kier molecular flexibility index (Phi) is 3.87. The van der Waals surface area contributed by atoms with Crippen LogP contribution in [0.1, 0.15) is 45.4 Å². The average Bonchev–Trinajstić information content (AvgIpc) is 2.82. The van der Waals surface area contributed by atoms with Gasteiger partial charge in [0, 0.05) is 12.0 Å². The van der Waals surface area contributed by atoms with E-state index in [0.717, 1.165) is 25.1 Å². The molecule has 1 N–H and O–H groups in total. The molecule has 100 valence electrons. The number of nitrogens with zero attached hydrogens (tertiary/aromatic N) is 1. The van der Waals surface area contributed by atoms with Gasteiger partial charge >= 0.3 is 6.09 Å². The van der Waals surface area contributed by atoms with Crippen LogP contribution in [0.4, 0.5) is 9.93 Å². The predicted octanol–water partition coefficient (Wildman–Crippen LogP) is 3.34. The molecule has 1 fully saturated rings. The summed E-state index contributed by atoms with van der Waals surface area (Å²) in [6, 6.07) is 0. The Labute approximate surface area is 111 Å². The van der Waals surface area contributed by atoms with Crippen LogP contribution in [0.15, 0.2) is 5.38 Å². The molecule has 0 aliphatic carbocycles. The van der Waals surface area contributed by atoms with E-state index in [4.69, 9.17) is 9.47 Å². The van der Waals surface area contributed by atoms with Gasteiger partial charge in [0.05, 0.1) is 5.69 Å². The Morgan fingerprint density at radius 2 is 2.39 bits per heavy atom. The lowest BCUT2D eigenvalue weighted by Crippen LogP contribution is -2.27. The minimum atomic E-state index is -0.501. The standard InChI is InChI=1S/C12H18N2O3S/c1-12(2,3)17-11(15)14-10-13-8(7-18-10)9-5-4-6-16-9/h7,9H,4-6H2,1-3H3,(H,13,14,15). The number of rotatable bonds is 2. The monoisotopic (exact) mass is 270 g/mol. The van der Waals surface area contributed by atoms with Gasteiger partial charge in [0.15, 0.2) is 5.13 Å². The molecule has 0 saturated carbocycles.